The summed E-state index contributed by atoms with van der Waals surface area (Å²) in [6.07, 6.45) is 4.25. The van der Waals surface area contributed by atoms with E-state index in [9.17, 15) is 38.7 Å². The lowest BCUT2D eigenvalue weighted by molar-refractivity contribution is -0.142. The molecule has 14 nitrogen and oxygen atoms in total. The summed E-state index contributed by atoms with van der Waals surface area (Å²) in [6.45, 7) is 4.03. The molecule has 4 atom stereocenters. The molecule has 0 aliphatic carbocycles. The van der Waals surface area contributed by atoms with E-state index in [-0.39, 0.29) is 31.6 Å². The molecule has 0 radical (unpaired) electrons. The minimum Gasteiger partial charge on any atom is -0.480 e. The van der Waals surface area contributed by atoms with E-state index in [4.69, 9.17) is 11.5 Å². The standard InChI is InChI=1S/C38H54N6O8/c1-25(2)20-21-28(36(49)43-29(35(40)48)22-26-14-8-6-9-15-26)41-33(46)18-12-4-3-5-13-19-34(47)42-30(24-32(39)45)37(50)44-31(38(51)52)23-27-16-10-7-11-17-27/h6-11,14-17,25,28-31H,3-5,12-13,18-24H2,1-2H3,(H2,39,45)(H2,40,48)(H,41,46)(H,42,47)(H,43,49)(H,44,50)(H,51,52)/t28-,29-,30-,31-/m0/s1. The van der Waals surface area contributed by atoms with Gasteiger partial charge < -0.3 is 37.8 Å². The molecule has 0 aliphatic rings. The summed E-state index contributed by atoms with van der Waals surface area (Å²) in [5.41, 5.74) is 12.4. The van der Waals surface area contributed by atoms with Crippen LogP contribution in [-0.2, 0) is 46.4 Å². The SMILES string of the molecule is CC(C)CC[C@H](NC(=O)CCCCCCCC(=O)N[C@@H](CC(N)=O)C(=O)N[C@@H](Cc1ccccc1)C(=O)O)C(=O)N[C@@H](Cc1ccccc1)C(N)=O. The van der Waals surface area contributed by atoms with E-state index in [0.717, 1.165) is 12.0 Å². The van der Waals surface area contributed by atoms with Crippen molar-refractivity contribution in [2.45, 2.75) is 115 Å². The predicted molar refractivity (Wildman–Crippen MR) is 195 cm³/mol. The predicted octanol–water partition coefficient (Wildman–Crippen LogP) is 2.02. The Kier molecular flexibility index (Phi) is 19.2. The quantitative estimate of drug-likeness (QED) is 0.0747. The summed E-state index contributed by atoms with van der Waals surface area (Å²) in [5.74, 6) is -4.51. The average molecular weight is 723 g/mol. The van der Waals surface area contributed by atoms with Crippen molar-refractivity contribution in [3.8, 4) is 0 Å². The Balaban J connectivity index is 1.77. The van der Waals surface area contributed by atoms with Gasteiger partial charge in [-0.3, -0.25) is 28.8 Å². The number of amides is 6. The maximum absolute atomic E-state index is 13.2. The topological polar surface area (TPSA) is 240 Å². The van der Waals surface area contributed by atoms with Crippen LogP contribution in [0.2, 0.25) is 0 Å². The molecule has 0 fully saturated rings. The van der Waals surface area contributed by atoms with Gasteiger partial charge in [-0.05, 0) is 42.7 Å². The lowest BCUT2D eigenvalue weighted by Crippen LogP contribution is -2.53. The largest absolute Gasteiger partial charge is 0.480 e. The van der Waals surface area contributed by atoms with Gasteiger partial charge in [-0.15, -0.1) is 0 Å². The van der Waals surface area contributed by atoms with E-state index in [1.165, 1.54) is 0 Å². The number of rotatable bonds is 25. The van der Waals surface area contributed by atoms with Gasteiger partial charge in [-0.1, -0.05) is 93.8 Å². The summed E-state index contributed by atoms with van der Waals surface area (Å²) in [6, 6.07) is 13.6. The van der Waals surface area contributed by atoms with Crippen molar-refractivity contribution in [3.63, 3.8) is 0 Å². The lowest BCUT2D eigenvalue weighted by atomic mass is 10.0. The number of unbranched alkanes of at least 4 members (excludes halogenated alkanes) is 4. The number of nitrogens with two attached hydrogens (primary N) is 2. The van der Waals surface area contributed by atoms with Crippen molar-refractivity contribution in [3.05, 3.63) is 71.8 Å². The van der Waals surface area contributed by atoms with E-state index in [2.05, 4.69) is 21.3 Å². The van der Waals surface area contributed by atoms with E-state index >= 15 is 0 Å². The Morgan fingerprint density at radius 2 is 1.02 bits per heavy atom. The maximum atomic E-state index is 13.2. The highest BCUT2D eigenvalue weighted by molar-refractivity contribution is 5.94. The third-order valence-electron chi connectivity index (χ3n) is 8.39. The molecule has 14 heteroatoms. The van der Waals surface area contributed by atoms with E-state index in [1.54, 1.807) is 30.3 Å². The van der Waals surface area contributed by atoms with Crippen molar-refractivity contribution in [1.29, 1.82) is 0 Å². The van der Waals surface area contributed by atoms with Gasteiger partial charge >= 0.3 is 5.97 Å². The molecule has 0 aromatic heterocycles. The van der Waals surface area contributed by atoms with Gasteiger partial charge in [0.1, 0.15) is 24.2 Å². The van der Waals surface area contributed by atoms with Crippen molar-refractivity contribution >= 4 is 41.4 Å². The van der Waals surface area contributed by atoms with Gasteiger partial charge in [-0.2, -0.15) is 0 Å². The first-order valence-corrected chi connectivity index (χ1v) is 17.8. The van der Waals surface area contributed by atoms with Crippen LogP contribution in [0.4, 0.5) is 0 Å². The molecule has 2 aromatic carbocycles. The molecule has 2 rings (SSSR count). The molecule has 52 heavy (non-hydrogen) atoms. The van der Waals surface area contributed by atoms with Crippen molar-refractivity contribution in [2.24, 2.45) is 17.4 Å². The molecule has 6 amide bonds. The van der Waals surface area contributed by atoms with Gasteiger partial charge in [0, 0.05) is 25.7 Å². The van der Waals surface area contributed by atoms with Crippen molar-refractivity contribution in [1.82, 2.24) is 21.3 Å². The number of hydrogen-bond donors (Lipinski definition) is 7. The molecule has 0 spiro atoms. The molecule has 0 aliphatic heterocycles. The van der Waals surface area contributed by atoms with Gasteiger partial charge in [0.25, 0.3) is 0 Å². The third-order valence-corrected chi connectivity index (χ3v) is 8.39. The van der Waals surface area contributed by atoms with E-state index < -0.39 is 66.1 Å². The molecule has 0 saturated carbocycles. The van der Waals surface area contributed by atoms with Crippen LogP contribution < -0.4 is 32.7 Å². The molecule has 2 aromatic rings. The van der Waals surface area contributed by atoms with Gasteiger partial charge in [-0.25, -0.2) is 4.79 Å². The molecular formula is C38H54N6O8. The zero-order valence-electron chi connectivity index (χ0n) is 30.1. The van der Waals surface area contributed by atoms with Crippen LogP contribution in [0.5, 0.6) is 0 Å². The number of benzene rings is 2. The van der Waals surface area contributed by atoms with Crippen LogP contribution in [0.3, 0.4) is 0 Å². The Hall–Kier alpha value is -5.27. The molecule has 9 N–H and O–H groups in total. The first kappa shape index (κ1) is 42.9. The monoisotopic (exact) mass is 722 g/mol. The number of carbonyl (C=O) groups excluding carboxylic acids is 6. The van der Waals surface area contributed by atoms with Crippen LogP contribution in [0.15, 0.2) is 60.7 Å². The number of hydrogen-bond acceptors (Lipinski definition) is 7. The fraction of sp³-hybridized carbons (Fsp3) is 0.500. The van der Waals surface area contributed by atoms with Crippen LogP contribution in [0, 0.1) is 5.92 Å². The Morgan fingerprint density at radius 1 is 0.577 bits per heavy atom. The normalized spacial score (nSPS) is 13.2. The fourth-order valence-electron chi connectivity index (χ4n) is 5.48. The number of carboxylic acids is 1. The number of nitrogens with one attached hydrogen (secondary N) is 4. The Bertz CT molecular complexity index is 1470. The second-order valence-corrected chi connectivity index (χ2v) is 13.4. The number of carboxylic acid groups (broad SMARTS) is 1. The first-order chi connectivity index (χ1) is 24.7. The lowest BCUT2D eigenvalue weighted by Gasteiger charge is -2.23. The summed E-state index contributed by atoms with van der Waals surface area (Å²) in [5, 5.41) is 20.0. The van der Waals surface area contributed by atoms with Gasteiger partial charge in [0.05, 0.1) is 6.42 Å². The molecule has 0 unspecified atom stereocenters. The first-order valence-electron chi connectivity index (χ1n) is 17.8. The molecule has 284 valence electrons. The summed E-state index contributed by atoms with van der Waals surface area (Å²) in [7, 11) is 0. The van der Waals surface area contributed by atoms with Gasteiger partial charge in [0.15, 0.2) is 0 Å². The summed E-state index contributed by atoms with van der Waals surface area (Å²) >= 11 is 0. The summed E-state index contributed by atoms with van der Waals surface area (Å²) in [4.78, 5) is 86.9. The van der Waals surface area contributed by atoms with Crippen LogP contribution in [0.25, 0.3) is 0 Å². The fourth-order valence-corrected chi connectivity index (χ4v) is 5.48. The highest BCUT2D eigenvalue weighted by atomic mass is 16.4. The molecular weight excluding hydrogens is 668 g/mol. The third kappa shape index (κ3) is 17.6. The summed E-state index contributed by atoms with van der Waals surface area (Å²) < 4.78 is 0. The molecule has 0 bridgehead atoms. The van der Waals surface area contributed by atoms with E-state index in [0.29, 0.717) is 50.0 Å². The smallest absolute Gasteiger partial charge is 0.326 e. The Morgan fingerprint density at radius 3 is 1.48 bits per heavy atom. The zero-order chi connectivity index (χ0) is 38.5. The highest BCUT2D eigenvalue weighted by Crippen LogP contribution is 2.12. The highest BCUT2D eigenvalue weighted by Gasteiger charge is 2.28. The second kappa shape index (κ2) is 23.3. The second-order valence-electron chi connectivity index (χ2n) is 13.4. The van der Waals surface area contributed by atoms with Crippen molar-refractivity contribution in [2.75, 3.05) is 0 Å². The van der Waals surface area contributed by atoms with Crippen LogP contribution >= 0.6 is 0 Å². The Labute approximate surface area is 305 Å². The molecule has 0 heterocycles. The van der Waals surface area contributed by atoms with Crippen LogP contribution in [-0.4, -0.2) is 70.7 Å². The number of primary amides is 2. The number of aliphatic carboxylic acids is 1. The van der Waals surface area contributed by atoms with Gasteiger partial charge in [0.2, 0.25) is 35.4 Å². The molecule has 0 saturated heterocycles. The van der Waals surface area contributed by atoms with E-state index in [1.807, 2.05) is 44.2 Å². The van der Waals surface area contributed by atoms with Crippen LogP contribution in [0.1, 0.15) is 89.2 Å². The minimum atomic E-state index is -1.32. The average Bonchev–Trinajstić information content (AvgIpc) is 3.09. The van der Waals surface area contributed by atoms with Crippen molar-refractivity contribution < 1.29 is 38.7 Å². The minimum absolute atomic E-state index is 0.0153. The number of carbonyl (C=O) groups is 7. The zero-order valence-corrected chi connectivity index (χ0v) is 30.1. The maximum Gasteiger partial charge on any atom is 0.326 e.